The normalized spacial score (nSPS) is 12.2. The molecule has 0 spiro atoms. The third-order valence-corrected chi connectivity index (χ3v) is 5.03. The SMILES string of the molecule is CI=NOC(=O)c1ccc(OCc2ccccc2)c(C(C)c2ccccc2)c1. The molecule has 1 atom stereocenters. The van der Waals surface area contributed by atoms with Crippen LogP contribution in [0.1, 0.15) is 39.9 Å². The Hall–Kier alpha value is -2.54. The minimum atomic E-state index is -0.457. The molecule has 0 radical (unpaired) electrons. The van der Waals surface area contributed by atoms with Gasteiger partial charge >= 0.3 is 5.97 Å². The lowest BCUT2D eigenvalue weighted by Gasteiger charge is -2.18. The highest BCUT2D eigenvalue weighted by Crippen LogP contribution is 2.33. The Morgan fingerprint density at radius 3 is 2.36 bits per heavy atom. The van der Waals surface area contributed by atoms with Crippen molar-refractivity contribution in [2.45, 2.75) is 19.4 Å². The van der Waals surface area contributed by atoms with Crippen LogP contribution in [-0.4, -0.2) is 10.9 Å². The van der Waals surface area contributed by atoms with Crippen molar-refractivity contribution in [1.82, 2.24) is 0 Å². The standard InChI is InChI=1S/C23H22INO3/c1-17(19-11-7-4-8-12-19)21-15-20(23(26)28-25-24-2)13-14-22(21)27-16-18-9-5-3-6-10-18/h3-15,17H,16H2,1-2H3. The average molecular weight is 487 g/mol. The van der Waals surface area contributed by atoms with E-state index in [0.717, 1.165) is 22.4 Å². The summed E-state index contributed by atoms with van der Waals surface area (Å²) in [5.41, 5.74) is 3.67. The molecular weight excluding hydrogens is 465 g/mol. The molecular formula is C23H22INO3. The second kappa shape index (κ2) is 10.1. The van der Waals surface area contributed by atoms with Crippen LogP contribution >= 0.6 is 21.0 Å². The lowest BCUT2D eigenvalue weighted by Crippen LogP contribution is -2.06. The topological polar surface area (TPSA) is 47.9 Å². The Morgan fingerprint density at radius 1 is 1.00 bits per heavy atom. The van der Waals surface area contributed by atoms with Crippen molar-refractivity contribution in [1.29, 1.82) is 0 Å². The van der Waals surface area contributed by atoms with E-state index >= 15 is 0 Å². The number of rotatable bonds is 7. The highest BCUT2D eigenvalue weighted by molar-refractivity contribution is 14.2. The van der Waals surface area contributed by atoms with E-state index in [9.17, 15) is 4.79 Å². The monoisotopic (exact) mass is 487 g/mol. The first kappa shape index (κ1) is 20.2. The predicted molar refractivity (Wildman–Crippen MR) is 119 cm³/mol. The molecule has 0 aromatic heterocycles. The van der Waals surface area contributed by atoms with Crippen LogP contribution < -0.4 is 4.74 Å². The maximum atomic E-state index is 12.3. The third kappa shape index (κ3) is 5.25. The summed E-state index contributed by atoms with van der Waals surface area (Å²) < 4.78 is 9.92. The number of hydrogen-bond acceptors (Lipinski definition) is 4. The molecule has 3 aromatic rings. The molecule has 0 saturated carbocycles. The van der Waals surface area contributed by atoms with E-state index in [-0.39, 0.29) is 5.92 Å². The summed E-state index contributed by atoms with van der Waals surface area (Å²) in [6.45, 7) is 2.58. The van der Waals surface area contributed by atoms with E-state index in [1.165, 1.54) is 0 Å². The number of benzene rings is 3. The maximum Gasteiger partial charge on any atom is 0.366 e. The van der Waals surface area contributed by atoms with Gasteiger partial charge in [-0.25, -0.2) is 4.79 Å². The van der Waals surface area contributed by atoms with E-state index in [1.54, 1.807) is 6.07 Å². The lowest BCUT2D eigenvalue weighted by molar-refractivity contribution is 0.0536. The van der Waals surface area contributed by atoms with Gasteiger partial charge in [0.1, 0.15) is 12.4 Å². The Morgan fingerprint density at radius 2 is 1.68 bits per heavy atom. The van der Waals surface area contributed by atoms with Crippen molar-refractivity contribution in [3.8, 4) is 5.75 Å². The lowest BCUT2D eigenvalue weighted by atomic mass is 9.91. The molecule has 0 aliphatic carbocycles. The zero-order valence-corrected chi connectivity index (χ0v) is 18.0. The molecule has 0 aliphatic rings. The molecule has 3 aromatic carbocycles. The van der Waals surface area contributed by atoms with Crippen LogP contribution in [0.25, 0.3) is 0 Å². The molecule has 0 N–H and O–H groups in total. The van der Waals surface area contributed by atoms with Crippen molar-refractivity contribution in [2.75, 3.05) is 4.93 Å². The molecule has 0 saturated heterocycles. The Labute approximate surface area is 175 Å². The molecule has 5 heteroatoms. The van der Waals surface area contributed by atoms with Gasteiger partial charge in [0, 0.05) is 37.4 Å². The highest BCUT2D eigenvalue weighted by Gasteiger charge is 2.18. The average Bonchev–Trinajstić information content (AvgIpc) is 2.76. The molecule has 0 bridgehead atoms. The highest BCUT2D eigenvalue weighted by atomic mass is 127. The zero-order valence-electron chi connectivity index (χ0n) is 15.8. The molecule has 1 unspecified atom stereocenters. The zero-order chi connectivity index (χ0) is 19.8. The summed E-state index contributed by atoms with van der Waals surface area (Å²) in [4.78, 5) is 19.2. The van der Waals surface area contributed by atoms with Gasteiger partial charge in [0.15, 0.2) is 0 Å². The van der Waals surface area contributed by atoms with E-state index in [2.05, 4.69) is 22.4 Å². The van der Waals surface area contributed by atoms with Crippen LogP contribution in [0.15, 0.2) is 82.2 Å². The van der Waals surface area contributed by atoms with Crippen molar-refractivity contribution in [3.63, 3.8) is 0 Å². The van der Waals surface area contributed by atoms with Crippen LogP contribution in [0.4, 0.5) is 0 Å². The predicted octanol–water partition coefficient (Wildman–Crippen LogP) is 6.27. The van der Waals surface area contributed by atoms with Crippen LogP contribution in [0.2, 0.25) is 0 Å². The molecule has 28 heavy (non-hydrogen) atoms. The number of ether oxygens (including phenoxy) is 1. The number of alkyl halides is 1. The fourth-order valence-electron chi connectivity index (χ4n) is 2.92. The fourth-order valence-corrected chi connectivity index (χ4v) is 3.30. The first-order valence-corrected chi connectivity index (χ1v) is 12.1. The summed E-state index contributed by atoms with van der Waals surface area (Å²) in [5.74, 6) is 0.393. The molecule has 0 aliphatic heterocycles. The minimum absolute atomic E-state index is 0.0651. The summed E-state index contributed by atoms with van der Waals surface area (Å²) >= 11 is -0.457. The summed E-state index contributed by atoms with van der Waals surface area (Å²) in [6.07, 6.45) is 0. The van der Waals surface area contributed by atoms with Gasteiger partial charge in [-0.1, -0.05) is 70.9 Å². The summed E-state index contributed by atoms with van der Waals surface area (Å²) in [7, 11) is 0. The van der Waals surface area contributed by atoms with Gasteiger partial charge in [-0.2, -0.15) is 0 Å². The Kier molecular flexibility index (Phi) is 7.31. The summed E-state index contributed by atoms with van der Waals surface area (Å²) in [6, 6.07) is 25.6. The van der Waals surface area contributed by atoms with Crippen molar-refractivity contribution in [3.05, 3.63) is 101 Å². The molecule has 0 fully saturated rings. The van der Waals surface area contributed by atoms with Gasteiger partial charge in [0.2, 0.25) is 0 Å². The van der Waals surface area contributed by atoms with Crippen LogP contribution in [0, 0.1) is 0 Å². The minimum Gasteiger partial charge on any atom is -0.489 e. The number of carbonyl (C=O) groups is 1. The van der Waals surface area contributed by atoms with Gasteiger partial charge in [-0.3, -0.25) is 0 Å². The van der Waals surface area contributed by atoms with E-state index in [0.29, 0.717) is 12.2 Å². The van der Waals surface area contributed by atoms with E-state index in [1.807, 2.05) is 65.6 Å². The first-order valence-electron chi connectivity index (χ1n) is 8.95. The fraction of sp³-hybridized carbons (Fsp3) is 0.174. The van der Waals surface area contributed by atoms with Gasteiger partial charge in [0.05, 0.1) is 5.56 Å². The van der Waals surface area contributed by atoms with Gasteiger partial charge in [-0.05, 0) is 29.3 Å². The number of nitrogens with zero attached hydrogens (tertiary/aromatic N) is 1. The molecule has 144 valence electrons. The Bertz CT molecular complexity index is 943. The molecule has 3 rings (SSSR count). The number of hydrogen-bond donors (Lipinski definition) is 0. The van der Waals surface area contributed by atoms with Crippen LogP contribution in [0.3, 0.4) is 0 Å². The van der Waals surface area contributed by atoms with Crippen LogP contribution in [-0.2, 0) is 11.4 Å². The Balaban J connectivity index is 1.92. The van der Waals surface area contributed by atoms with E-state index < -0.39 is 27.0 Å². The third-order valence-electron chi connectivity index (χ3n) is 4.44. The largest absolute Gasteiger partial charge is 0.489 e. The van der Waals surface area contributed by atoms with Crippen molar-refractivity contribution < 1.29 is 14.4 Å². The number of carbonyl (C=O) groups excluding carboxylic acids is 1. The quantitative estimate of drug-likeness (QED) is 0.224. The smallest absolute Gasteiger partial charge is 0.366 e. The first-order chi connectivity index (χ1) is 13.7. The van der Waals surface area contributed by atoms with Gasteiger partial charge in [-0.15, -0.1) is 0 Å². The summed E-state index contributed by atoms with van der Waals surface area (Å²) in [5, 5.41) is 0. The maximum absolute atomic E-state index is 12.3. The molecule has 0 heterocycles. The van der Waals surface area contributed by atoms with Crippen LogP contribution in [0.5, 0.6) is 5.75 Å². The second-order valence-electron chi connectivity index (χ2n) is 6.28. The second-order valence-corrected chi connectivity index (χ2v) is 7.63. The number of halogens is 1. The van der Waals surface area contributed by atoms with Gasteiger partial charge in [0.25, 0.3) is 0 Å². The van der Waals surface area contributed by atoms with E-state index in [4.69, 9.17) is 9.57 Å². The molecule has 0 amide bonds. The van der Waals surface area contributed by atoms with Crippen molar-refractivity contribution >= 4 is 27.0 Å². The van der Waals surface area contributed by atoms with Crippen molar-refractivity contribution in [2.24, 2.45) is 3.31 Å². The molecule has 4 nitrogen and oxygen atoms in total. The van der Waals surface area contributed by atoms with Gasteiger partial charge < -0.3 is 9.57 Å².